The molecule has 2 rings (SSSR count). The predicted octanol–water partition coefficient (Wildman–Crippen LogP) is 2.24. The summed E-state index contributed by atoms with van der Waals surface area (Å²) in [7, 11) is 1.64. The number of hydrogen-bond acceptors (Lipinski definition) is 4. The Morgan fingerprint density at radius 2 is 1.83 bits per heavy atom. The first-order chi connectivity index (χ1) is 11.3. The molecule has 1 aromatic rings. The molecule has 0 saturated carbocycles. The molecule has 1 aliphatic rings. The lowest BCUT2D eigenvalue weighted by Gasteiger charge is -2.45. The van der Waals surface area contributed by atoms with Crippen molar-refractivity contribution in [2.24, 2.45) is 0 Å². The third-order valence-corrected chi connectivity index (χ3v) is 4.52. The monoisotopic (exact) mass is 334 g/mol. The molecular weight excluding hydrogens is 304 g/mol. The van der Waals surface area contributed by atoms with Crippen molar-refractivity contribution in [2.45, 2.75) is 51.9 Å². The molecule has 1 saturated heterocycles. The predicted molar refractivity (Wildman–Crippen MR) is 95.4 cm³/mol. The van der Waals surface area contributed by atoms with Crippen molar-refractivity contribution in [1.82, 2.24) is 10.2 Å². The molecule has 1 heterocycles. The Hall–Kier alpha value is -1.59. The number of amides is 1. The van der Waals surface area contributed by atoms with Crippen molar-refractivity contribution in [1.29, 1.82) is 0 Å². The van der Waals surface area contributed by atoms with Crippen molar-refractivity contribution in [3.05, 3.63) is 29.8 Å². The SMILES string of the molecule is COc1ccc(CC(=O)NCC(C)(C)N2CC(C)OC(C)C2)cc1. The summed E-state index contributed by atoms with van der Waals surface area (Å²) in [6.45, 7) is 11.0. The van der Waals surface area contributed by atoms with Gasteiger partial charge in [-0.25, -0.2) is 0 Å². The lowest BCUT2D eigenvalue weighted by Crippen LogP contribution is -2.58. The van der Waals surface area contributed by atoms with Crippen molar-refractivity contribution in [3.8, 4) is 5.75 Å². The lowest BCUT2D eigenvalue weighted by molar-refractivity contribution is -0.122. The average molecular weight is 334 g/mol. The molecule has 134 valence electrons. The highest BCUT2D eigenvalue weighted by Crippen LogP contribution is 2.20. The Bertz CT molecular complexity index is 532. The van der Waals surface area contributed by atoms with E-state index >= 15 is 0 Å². The second-order valence-corrected chi connectivity index (χ2v) is 7.28. The first kappa shape index (κ1) is 18.7. The Kier molecular flexibility index (Phi) is 6.24. The van der Waals surface area contributed by atoms with Crippen LogP contribution in [0, 0.1) is 0 Å². The molecular formula is C19H30N2O3. The van der Waals surface area contributed by atoms with E-state index in [-0.39, 0.29) is 23.7 Å². The number of morpholine rings is 1. The highest BCUT2D eigenvalue weighted by molar-refractivity contribution is 5.78. The number of nitrogens with one attached hydrogen (secondary N) is 1. The van der Waals surface area contributed by atoms with Gasteiger partial charge in [0.25, 0.3) is 0 Å². The number of methoxy groups -OCH3 is 1. The van der Waals surface area contributed by atoms with Gasteiger partial charge in [-0.05, 0) is 45.4 Å². The molecule has 5 heteroatoms. The number of carbonyl (C=O) groups is 1. The van der Waals surface area contributed by atoms with E-state index in [4.69, 9.17) is 9.47 Å². The van der Waals surface area contributed by atoms with Gasteiger partial charge in [-0.15, -0.1) is 0 Å². The summed E-state index contributed by atoms with van der Waals surface area (Å²) >= 11 is 0. The zero-order chi connectivity index (χ0) is 17.7. The molecule has 1 amide bonds. The van der Waals surface area contributed by atoms with Crippen molar-refractivity contribution in [2.75, 3.05) is 26.7 Å². The molecule has 0 spiro atoms. The molecule has 0 bridgehead atoms. The van der Waals surface area contributed by atoms with E-state index in [2.05, 4.69) is 37.9 Å². The van der Waals surface area contributed by atoms with Crippen molar-refractivity contribution in [3.63, 3.8) is 0 Å². The zero-order valence-electron chi connectivity index (χ0n) is 15.5. The molecule has 1 fully saturated rings. The fraction of sp³-hybridized carbons (Fsp3) is 0.632. The van der Waals surface area contributed by atoms with Crippen LogP contribution in [-0.2, 0) is 16.0 Å². The fourth-order valence-corrected chi connectivity index (χ4v) is 3.09. The standard InChI is InChI=1S/C19H30N2O3/c1-14-11-21(12-15(2)24-14)19(3,4)13-20-18(22)10-16-6-8-17(23-5)9-7-16/h6-9,14-15H,10-13H2,1-5H3,(H,20,22). The molecule has 1 aliphatic heterocycles. The van der Waals surface area contributed by atoms with Crippen LogP contribution in [0.3, 0.4) is 0 Å². The molecule has 2 unspecified atom stereocenters. The van der Waals surface area contributed by atoms with Crippen LogP contribution >= 0.6 is 0 Å². The van der Waals surface area contributed by atoms with E-state index in [9.17, 15) is 4.79 Å². The summed E-state index contributed by atoms with van der Waals surface area (Å²) in [6, 6.07) is 7.61. The third kappa shape index (κ3) is 5.21. The lowest BCUT2D eigenvalue weighted by atomic mass is 10.00. The maximum absolute atomic E-state index is 12.2. The average Bonchev–Trinajstić information content (AvgIpc) is 2.53. The molecule has 24 heavy (non-hydrogen) atoms. The normalized spacial score (nSPS) is 22.2. The van der Waals surface area contributed by atoms with Crippen LogP contribution in [0.25, 0.3) is 0 Å². The van der Waals surface area contributed by atoms with Crippen LogP contribution in [0.2, 0.25) is 0 Å². The van der Waals surface area contributed by atoms with E-state index in [1.165, 1.54) is 0 Å². The molecule has 1 aromatic carbocycles. The molecule has 0 aliphatic carbocycles. The van der Waals surface area contributed by atoms with E-state index in [1.807, 2.05) is 24.3 Å². The van der Waals surface area contributed by atoms with Crippen molar-refractivity contribution >= 4 is 5.91 Å². The largest absolute Gasteiger partial charge is 0.497 e. The Morgan fingerprint density at radius 1 is 1.25 bits per heavy atom. The maximum atomic E-state index is 12.2. The molecule has 0 aromatic heterocycles. The number of hydrogen-bond donors (Lipinski definition) is 1. The second kappa shape index (κ2) is 7.99. The Labute approximate surface area is 145 Å². The van der Waals surface area contributed by atoms with Gasteiger partial charge in [-0.1, -0.05) is 12.1 Å². The number of ether oxygens (including phenoxy) is 2. The summed E-state index contributed by atoms with van der Waals surface area (Å²) in [5, 5.41) is 3.07. The number of benzene rings is 1. The van der Waals surface area contributed by atoms with E-state index in [0.29, 0.717) is 13.0 Å². The van der Waals surface area contributed by atoms with Crippen molar-refractivity contribution < 1.29 is 14.3 Å². The van der Waals surface area contributed by atoms with Crippen LogP contribution in [0.4, 0.5) is 0 Å². The minimum absolute atomic E-state index is 0.0441. The van der Waals surface area contributed by atoms with Gasteiger partial charge in [0.1, 0.15) is 5.75 Å². The first-order valence-electron chi connectivity index (χ1n) is 8.60. The fourth-order valence-electron chi connectivity index (χ4n) is 3.09. The van der Waals surface area contributed by atoms with Gasteiger partial charge in [-0.3, -0.25) is 9.69 Å². The smallest absolute Gasteiger partial charge is 0.224 e. The van der Waals surface area contributed by atoms with Gasteiger partial charge >= 0.3 is 0 Å². The van der Waals surface area contributed by atoms with Crippen LogP contribution in [0.5, 0.6) is 5.75 Å². The quantitative estimate of drug-likeness (QED) is 0.867. The van der Waals surface area contributed by atoms with E-state index in [1.54, 1.807) is 7.11 Å². The molecule has 2 atom stereocenters. The first-order valence-corrected chi connectivity index (χ1v) is 8.60. The summed E-state index contributed by atoms with van der Waals surface area (Å²) in [5.74, 6) is 0.846. The minimum atomic E-state index is -0.0954. The topological polar surface area (TPSA) is 50.8 Å². The summed E-state index contributed by atoms with van der Waals surface area (Å²) in [4.78, 5) is 14.6. The Morgan fingerprint density at radius 3 is 2.38 bits per heavy atom. The van der Waals surface area contributed by atoms with Crippen LogP contribution < -0.4 is 10.1 Å². The van der Waals surface area contributed by atoms with Gasteiger partial charge in [-0.2, -0.15) is 0 Å². The maximum Gasteiger partial charge on any atom is 0.224 e. The molecule has 1 N–H and O–H groups in total. The number of carbonyl (C=O) groups excluding carboxylic acids is 1. The number of rotatable bonds is 6. The van der Waals surface area contributed by atoms with Crippen LogP contribution in [-0.4, -0.2) is 55.3 Å². The third-order valence-electron chi connectivity index (χ3n) is 4.52. The van der Waals surface area contributed by atoms with Gasteiger partial charge in [0.05, 0.1) is 25.7 Å². The minimum Gasteiger partial charge on any atom is -0.497 e. The zero-order valence-corrected chi connectivity index (χ0v) is 15.5. The van der Waals surface area contributed by atoms with Gasteiger partial charge in [0.15, 0.2) is 0 Å². The highest BCUT2D eigenvalue weighted by Gasteiger charge is 2.33. The Balaban J connectivity index is 1.85. The highest BCUT2D eigenvalue weighted by atomic mass is 16.5. The van der Waals surface area contributed by atoms with Gasteiger partial charge in [0.2, 0.25) is 5.91 Å². The summed E-state index contributed by atoms with van der Waals surface area (Å²) in [5.41, 5.74) is 0.890. The molecule has 5 nitrogen and oxygen atoms in total. The summed E-state index contributed by atoms with van der Waals surface area (Å²) < 4.78 is 10.9. The molecule has 0 radical (unpaired) electrons. The number of nitrogens with zero attached hydrogens (tertiary/aromatic N) is 1. The second-order valence-electron chi connectivity index (χ2n) is 7.28. The van der Waals surface area contributed by atoms with Crippen LogP contribution in [0.15, 0.2) is 24.3 Å². The van der Waals surface area contributed by atoms with Gasteiger partial charge in [0, 0.05) is 25.2 Å². The van der Waals surface area contributed by atoms with Crippen LogP contribution in [0.1, 0.15) is 33.3 Å². The van der Waals surface area contributed by atoms with E-state index in [0.717, 1.165) is 24.4 Å². The summed E-state index contributed by atoms with van der Waals surface area (Å²) in [6.07, 6.45) is 0.835. The van der Waals surface area contributed by atoms with Gasteiger partial charge < -0.3 is 14.8 Å². The van der Waals surface area contributed by atoms with E-state index < -0.39 is 0 Å².